The van der Waals surface area contributed by atoms with Gasteiger partial charge in [0.2, 0.25) is 5.95 Å². The van der Waals surface area contributed by atoms with Crippen molar-refractivity contribution >= 4 is 22.8 Å². The number of carbonyl (C=O) groups is 1. The Kier molecular flexibility index (Phi) is 5.33. The van der Waals surface area contributed by atoms with Gasteiger partial charge in [-0.25, -0.2) is 9.97 Å². The summed E-state index contributed by atoms with van der Waals surface area (Å²) in [7, 11) is 3.72. The molecule has 3 rings (SSSR count). The van der Waals surface area contributed by atoms with E-state index in [0.29, 0.717) is 24.0 Å². The van der Waals surface area contributed by atoms with Gasteiger partial charge in [-0.15, -0.1) is 0 Å². The fraction of sp³-hybridized carbons (Fsp3) is 0.500. The molecule has 7 heteroatoms. The molecule has 0 radical (unpaired) electrons. The third-order valence-electron chi connectivity index (χ3n) is 4.37. The van der Waals surface area contributed by atoms with E-state index in [2.05, 4.69) is 21.8 Å². The minimum Gasteiger partial charge on any atom is -0.497 e. The number of hydrogen-bond acceptors (Lipinski definition) is 7. The van der Waals surface area contributed by atoms with Crippen LogP contribution in [-0.4, -0.2) is 67.8 Å². The molecule has 0 aliphatic carbocycles. The number of hydrogen-bond donors (Lipinski definition) is 0. The van der Waals surface area contributed by atoms with Crippen molar-refractivity contribution in [2.75, 3.05) is 51.8 Å². The van der Waals surface area contributed by atoms with E-state index in [1.807, 2.05) is 18.2 Å². The SMILES string of the molecule is CCOC(=O)Cc1nc(N2CCN(C)CC2)nc2ccc(OC)cc12. The highest BCUT2D eigenvalue weighted by atomic mass is 16.5. The first-order valence-corrected chi connectivity index (χ1v) is 8.54. The highest BCUT2D eigenvalue weighted by molar-refractivity contribution is 5.87. The number of carbonyl (C=O) groups excluding carboxylic acids is 1. The Hall–Kier alpha value is -2.41. The number of aromatic nitrogens is 2. The maximum atomic E-state index is 12.0. The Morgan fingerprint density at radius 2 is 1.96 bits per heavy atom. The summed E-state index contributed by atoms with van der Waals surface area (Å²) in [5.74, 6) is 1.10. The van der Waals surface area contributed by atoms with E-state index < -0.39 is 0 Å². The molecule has 0 spiro atoms. The van der Waals surface area contributed by atoms with E-state index in [1.165, 1.54) is 0 Å². The van der Waals surface area contributed by atoms with Gasteiger partial charge in [-0.2, -0.15) is 0 Å². The van der Waals surface area contributed by atoms with Gasteiger partial charge in [0.05, 0.1) is 31.3 Å². The van der Waals surface area contributed by atoms with Gasteiger partial charge in [0.15, 0.2) is 0 Å². The highest BCUT2D eigenvalue weighted by Crippen LogP contribution is 2.25. The van der Waals surface area contributed by atoms with Crippen molar-refractivity contribution in [3.8, 4) is 5.75 Å². The van der Waals surface area contributed by atoms with Crippen LogP contribution in [0.25, 0.3) is 10.9 Å². The third kappa shape index (κ3) is 3.99. The van der Waals surface area contributed by atoms with Gasteiger partial charge >= 0.3 is 5.97 Å². The first-order chi connectivity index (χ1) is 12.1. The number of nitrogens with zero attached hydrogens (tertiary/aromatic N) is 4. The minimum absolute atomic E-state index is 0.126. The van der Waals surface area contributed by atoms with Crippen molar-refractivity contribution in [3.05, 3.63) is 23.9 Å². The average Bonchev–Trinajstić information content (AvgIpc) is 2.62. The molecule has 25 heavy (non-hydrogen) atoms. The van der Waals surface area contributed by atoms with Gasteiger partial charge in [0.25, 0.3) is 0 Å². The maximum Gasteiger partial charge on any atom is 0.311 e. The van der Waals surface area contributed by atoms with Gasteiger partial charge in [-0.05, 0) is 32.2 Å². The average molecular weight is 344 g/mol. The summed E-state index contributed by atoms with van der Waals surface area (Å²) in [5, 5.41) is 0.824. The predicted octanol–water partition coefficient (Wildman–Crippen LogP) is 1.50. The van der Waals surface area contributed by atoms with E-state index in [-0.39, 0.29) is 12.4 Å². The molecule has 1 fully saturated rings. The molecule has 0 atom stereocenters. The van der Waals surface area contributed by atoms with Crippen LogP contribution in [0.4, 0.5) is 5.95 Å². The van der Waals surface area contributed by atoms with E-state index in [4.69, 9.17) is 14.5 Å². The Morgan fingerprint density at radius 1 is 1.20 bits per heavy atom. The monoisotopic (exact) mass is 344 g/mol. The molecule has 1 saturated heterocycles. The first kappa shape index (κ1) is 17.4. The second-order valence-electron chi connectivity index (χ2n) is 6.13. The van der Waals surface area contributed by atoms with Crippen LogP contribution in [0.3, 0.4) is 0 Å². The number of rotatable bonds is 5. The summed E-state index contributed by atoms with van der Waals surface area (Å²) >= 11 is 0. The lowest BCUT2D eigenvalue weighted by molar-refractivity contribution is -0.142. The van der Waals surface area contributed by atoms with Crippen molar-refractivity contribution < 1.29 is 14.3 Å². The van der Waals surface area contributed by atoms with Gasteiger partial charge < -0.3 is 19.3 Å². The van der Waals surface area contributed by atoms with Crippen molar-refractivity contribution in [2.45, 2.75) is 13.3 Å². The van der Waals surface area contributed by atoms with Gasteiger partial charge in [0.1, 0.15) is 5.75 Å². The summed E-state index contributed by atoms with van der Waals surface area (Å²) < 4.78 is 10.4. The van der Waals surface area contributed by atoms with Crippen LogP contribution in [0.15, 0.2) is 18.2 Å². The number of piperazine rings is 1. The fourth-order valence-corrected chi connectivity index (χ4v) is 2.92. The number of ether oxygens (including phenoxy) is 2. The molecule has 1 aliphatic heterocycles. The summed E-state index contributed by atoms with van der Waals surface area (Å²) in [5.41, 5.74) is 1.49. The first-order valence-electron chi connectivity index (χ1n) is 8.54. The van der Waals surface area contributed by atoms with Gasteiger partial charge in [-0.3, -0.25) is 4.79 Å². The summed E-state index contributed by atoms with van der Waals surface area (Å²) in [6.07, 6.45) is 0.126. The Balaban J connectivity index is 2.00. The molecule has 1 aromatic heterocycles. The minimum atomic E-state index is -0.283. The molecule has 2 heterocycles. The van der Waals surface area contributed by atoms with Crippen molar-refractivity contribution in [3.63, 3.8) is 0 Å². The zero-order valence-electron chi connectivity index (χ0n) is 15.0. The molecule has 0 N–H and O–H groups in total. The van der Waals surface area contributed by atoms with Crippen molar-refractivity contribution in [1.29, 1.82) is 0 Å². The number of esters is 1. The van der Waals surface area contributed by atoms with Crippen LogP contribution < -0.4 is 9.64 Å². The lowest BCUT2D eigenvalue weighted by Gasteiger charge is -2.32. The van der Waals surface area contributed by atoms with Crippen molar-refractivity contribution in [1.82, 2.24) is 14.9 Å². The number of anilines is 1. The molecule has 2 aromatic rings. The molecular weight excluding hydrogens is 320 g/mol. The Bertz CT molecular complexity index is 757. The Morgan fingerprint density at radius 3 is 2.64 bits per heavy atom. The quantitative estimate of drug-likeness (QED) is 0.761. The molecule has 0 saturated carbocycles. The lowest BCUT2D eigenvalue weighted by atomic mass is 10.1. The van der Waals surface area contributed by atoms with Crippen LogP contribution >= 0.6 is 0 Å². The number of fused-ring (bicyclic) bond motifs is 1. The number of likely N-dealkylation sites (N-methyl/N-ethyl adjacent to an activating group) is 1. The maximum absolute atomic E-state index is 12.0. The zero-order chi connectivity index (χ0) is 17.8. The smallest absolute Gasteiger partial charge is 0.311 e. The van der Waals surface area contributed by atoms with E-state index in [9.17, 15) is 4.79 Å². The normalized spacial score (nSPS) is 15.4. The second kappa shape index (κ2) is 7.65. The molecule has 0 bridgehead atoms. The standard InChI is InChI=1S/C18H24N4O3/c1-4-25-17(23)12-16-14-11-13(24-3)5-6-15(14)19-18(20-16)22-9-7-21(2)8-10-22/h5-6,11H,4,7-10,12H2,1-3H3. The molecule has 1 aliphatic rings. The van der Waals surface area contributed by atoms with E-state index in [1.54, 1.807) is 14.0 Å². The Labute approximate surface area is 147 Å². The summed E-state index contributed by atoms with van der Waals surface area (Å²) in [6, 6.07) is 5.65. The summed E-state index contributed by atoms with van der Waals surface area (Å²) in [4.78, 5) is 25.8. The van der Waals surface area contributed by atoms with E-state index in [0.717, 1.165) is 37.1 Å². The molecule has 1 aromatic carbocycles. The van der Waals surface area contributed by atoms with Crippen LogP contribution in [0.2, 0.25) is 0 Å². The molecular formula is C18H24N4O3. The van der Waals surface area contributed by atoms with Crippen LogP contribution in [0, 0.1) is 0 Å². The fourth-order valence-electron chi connectivity index (χ4n) is 2.92. The van der Waals surface area contributed by atoms with Crippen LogP contribution in [-0.2, 0) is 16.0 Å². The zero-order valence-corrected chi connectivity index (χ0v) is 15.0. The second-order valence-corrected chi connectivity index (χ2v) is 6.13. The number of methoxy groups -OCH3 is 1. The molecule has 0 amide bonds. The van der Waals surface area contributed by atoms with Gasteiger partial charge in [0, 0.05) is 31.6 Å². The van der Waals surface area contributed by atoms with Crippen LogP contribution in [0.5, 0.6) is 5.75 Å². The largest absolute Gasteiger partial charge is 0.497 e. The van der Waals surface area contributed by atoms with Crippen LogP contribution in [0.1, 0.15) is 12.6 Å². The molecule has 134 valence electrons. The third-order valence-corrected chi connectivity index (χ3v) is 4.37. The highest BCUT2D eigenvalue weighted by Gasteiger charge is 2.20. The van der Waals surface area contributed by atoms with Crippen molar-refractivity contribution in [2.24, 2.45) is 0 Å². The molecule has 0 unspecified atom stereocenters. The molecule has 7 nitrogen and oxygen atoms in total. The summed E-state index contributed by atoms with van der Waals surface area (Å²) in [6.45, 7) is 5.84. The number of benzene rings is 1. The lowest BCUT2D eigenvalue weighted by Crippen LogP contribution is -2.45. The topological polar surface area (TPSA) is 67.8 Å². The predicted molar refractivity (Wildman–Crippen MR) is 96.1 cm³/mol. The van der Waals surface area contributed by atoms with Gasteiger partial charge in [-0.1, -0.05) is 0 Å². The van der Waals surface area contributed by atoms with E-state index >= 15 is 0 Å².